The Bertz CT molecular complexity index is 386. The summed E-state index contributed by atoms with van der Waals surface area (Å²) in [5.74, 6) is -1.66. The monoisotopic (exact) mass is 250 g/mol. The predicted octanol–water partition coefficient (Wildman–Crippen LogP) is 1.59. The third-order valence-electron chi connectivity index (χ3n) is 3.64. The fourth-order valence-electron chi connectivity index (χ4n) is 2.69. The summed E-state index contributed by atoms with van der Waals surface area (Å²) in [5, 5.41) is 2.27. The molecule has 1 atom stereocenters. The molecule has 0 spiro atoms. The number of hydrogen-bond donors (Lipinski definition) is 1. The Labute approximate surface area is 106 Å². The van der Waals surface area contributed by atoms with Crippen LogP contribution in [0.25, 0.3) is 0 Å². The Morgan fingerprint density at radius 2 is 1.89 bits per heavy atom. The van der Waals surface area contributed by atoms with Crippen LogP contribution in [0, 0.1) is 5.92 Å². The molecular formula is C13H18N2O3. The number of urea groups is 1. The van der Waals surface area contributed by atoms with Crippen LogP contribution in [0.2, 0.25) is 0 Å². The molecule has 1 saturated carbocycles. The molecule has 1 unspecified atom stereocenters. The Kier molecular flexibility index (Phi) is 3.79. The average Bonchev–Trinajstić information content (AvgIpc) is 2.35. The lowest BCUT2D eigenvalue weighted by Gasteiger charge is -2.37. The van der Waals surface area contributed by atoms with Gasteiger partial charge in [-0.15, -0.1) is 6.58 Å². The van der Waals surface area contributed by atoms with E-state index in [1.807, 2.05) is 0 Å². The van der Waals surface area contributed by atoms with E-state index in [1.54, 1.807) is 0 Å². The van der Waals surface area contributed by atoms with Crippen LogP contribution in [-0.2, 0) is 9.59 Å². The molecule has 1 saturated heterocycles. The minimum Gasteiger partial charge on any atom is -0.277 e. The van der Waals surface area contributed by atoms with Crippen molar-refractivity contribution in [3.05, 3.63) is 12.7 Å². The van der Waals surface area contributed by atoms with Gasteiger partial charge in [-0.25, -0.2) is 4.79 Å². The highest BCUT2D eigenvalue weighted by atomic mass is 16.2. The molecule has 0 aromatic heterocycles. The van der Waals surface area contributed by atoms with Gasteiger partial charge in [-0.2, -0.15) is 0 Å². The van der Waals surface area contributed by atoms with E-state index in [0.717, 1.165) is 32.1 Å². The molecule has 1 aliphatic heterocycles. The molecule has 1 heterocycles. The largest absolute Gasteiger partial charge is 0.331 e. The number of imide groups is 2. The van der Waals surface area contributed by atoms with E-state index in [0.29, 0.717) is 0 Å². The highest BCUT2D eigenvalue weighted by molar-refractivity contribution is 6.16. The average molecular weight is 250 g/mol. The number of carbonyl (C=O) groups excluding carboxylic acids is 3. The summed E-state index contributed by atoms with van der Waals surface area (Å²) in [6, 6.07) is -0.608. The molecule has 0 aromatic carbocycles. The highest BCUT2D eigenvalue weighted by Crippen LogP contribution is 2.26. The number of allylic oxidation sites excluding steroid dienone is 1. The van der Waals surface area contributed by atoms with Gasteiger partial charge in [0.25, 0.3) is 0 Å². The molecule has 0 bridgehead atoms. The van der Waals surface area contributed by atoms with E-state index in [1.165, 1.54) is 11.0 Å². The molecule has 1 N–H and O–H groups in total. The van der Waals surface area contributed by atoms with Crippen molar-refractivity contribution in [3.8, 4) is 0 Å². The molecule has 0 aromatic rings. The third-order valence-corrected chi connectivity index (χ3v) is 3.64. The molecule has 2 aliphatic rings. The van der Waals surface area contributed by atoms with E-state index >= 15 is 0 Å². The van der Waals surface area contributed by atoms with Crippen molar-refractivity contribution in [2.45, 2.75) is 44.6 Å². The van der Waals surface area contributed by atoms with Gasteiger partial charge in [-0.1, -0.05) is 25.3 Å². The molecular weight excluding hydrogens is 232 g/mol. The smallest absolute Gasteiger partial charge is 0.277 e. The third kappa shape index (κ3) is 2.30. The number of rotatable bonds is 3. The van der Waals surface area contributed by atoms with Crippen molar-refractivity contribution >= 4 is 17.8 Å². The maximum atomic E-state index is 12.2. The molecule has 0 radical (unpaired) electrons. The maximum absolute atomic E-state index is 12.2. The van der Waals surface area contributed by atoms with Gasteiger partial charge in [0, 0.05) is 6.04 Å². The van der Waals surface area contributed by atoms with Crippen molar-refractivity contribution in [1.82, 2.24) is 10.2 Å². The predicted molar refractivity (Wildman–Crippen MR) is 65.6 cm³/mol. The molecule has 2 fully saturated rings. The van der Waals surface area contributed by atoms with Gasteiger partial charge < -0.3 is 0 Å². The highest BCUT2D eigenvalue weighted by Gasteiger charge is 2.42. The Balaban J connectivity index is 2.17. The van der Waals surface area contributed by atoms with E-state index in [-0.39, 0.29) is 18.4 Å². The van der Waals surface area contributed by atoms with E-state index in [9.17, 15) is 14.4 Å². The normalized spacial score (nSPS) is 26.1. The van der Waals surface area contributed by atoms with E-state index in [2.05, 4.69) is 11.9 Å². The van der Waals surface area contributed by atoms with Crippen molar-refractivity contribution in [2.75, 3.05) is 0 Å². The van der Waals surface area contributed by atoms with Crippen molar-refractivity contribution < 1.29 is 14.4 Å². The van der Waals surface area contributed by atoms with Crippen LogP contribution < -0.4 is 5.32 Å². The number of nitrogens with one attached hydrogen (secondary N) is 1. The lowest BCUT2D eigenvalue weighted by molar-refractivity contribution is -0.144. The van der Waals surface area contributed by atoms with Crippen LogP contribution in [0.3, 0.4) is 0 Å². The molecule has 5 heteroatoms. The maximum Gasteiger partial charge on any atom is 0.331 e. The first kappa shape index (κ1) is 12.8. The number of carbonyl (C=O) groups is 3. The van der Waals surface area contributed by atoms with Crippen molar-refractivity contribution in [2.24, 2.45) is 5.92 Å². The van der Waals surface area contributed by atoms with Crippen LogP contribution in [0.1, 0.15) is 38.5 Å². The van der Waals surface area contributed by atoms with Gasteiger partial charge in [0.1, 0.15) is 5.92 Å². The minimum atomic E-state index is -0.790. The van der Waals surface area contributed by atoms with Gasteiger partial charge in [0.05, 0.1) is 0 Å². The summed E-state index contributed by atoms with van der Waals surface area (Å²) in [7, 11) is 0. The first-order valence-corrected chi connectivity index (χ1v) is 6.44. The number of amides is 4. The topological polar surface area (TPSA) is 66.5 Å². The summed E-state index contributed by atoms with van der Waals surface area (Å²) in [5.41, 5.74) is 0. The summed E-state index contributed by atoms with van der Waals surface area (Å²) in [6.45, 7) is 3.54. The second kappa shape index (κ2) is 5.33. The van der Waals surface area contributed by atoms with E-state index < -0.39 is 17.9 Å². The van der Waals surface area contributed by atoms with Crippen LogP contribution in [0.4, 0.5) is 4.79 Å². The molecule has 98 valence electrons. The molecule has 1 aliphatic carbocycles. The first-order valence-electron chi connectivity index (χ1n) is 6.44. The quantitative estimate of drug-likeness (QED) is 0.611. The Morgan fingerprint density at radius 1 is 1.22 bits per heavy atom. The lowest BCUT2D eigenvalue weighted by Crippen LogP contribution is -2.61. The van der Waals surface area contributed by atoms with Gasteiger partial charge in [-0.3, -0.25) is 19.8 Å². The summed E-state index contributed by atoms with van der Waals surface area (Å²) in [6.07, 6.45) is 6.71. The Morgan fingerprint density at radius 3 is 2.50 bits per heavy atom. The fourth-order valence-corrected chi connectivity index (χ4v) is 2.69. The number of barbiturate groups is 1. The minimum absolute atomic E-state index is 0.0494. The van der Waals surface area contributed by atoms with Gasteiger partial charge >= 0.3 is 6.03 Å². The van der Waals surface area contributed by atoms with Gasteiger partial charge in [0.15, 0.2) is 0 Å². The zero-order valence-electron chi connectivity index (χ0n) is 10.4. The van der Waals surface area contributed by atoms with Crippen LogP contribution in [0.15, 0.2) is 12.7 Å². The second-order valence-corrected chi connectivity index (χ2v) is 4.87. The lowest BCUT2D eigenvalue weighted by atomic mass is 9.91. The Hall–Kier alpha value is -1.65. The molecule has 18 heavy (non-hydrogen) atoms. The second-order valence-electron chi connectivity index (χ2n) is 4.87. The number of hydrogen-bond acceptors (Lipinski definition) is 3. The van der Waals surface area contributed by atoms with Crippen LogP contribution >= 0.6 is 0 Å². The molecule has 5 nitrogen and oxygen atoms in total. The molecule has 4 amide bonds. The number of nitrogens with zero attached hydrogens (tertiary/aromatic N) is 1. The summed E-state index contributed by atoms with van der Waals surface area (Å²) >= 11 is 0. The standard InChI is InChI=1S/C13H18N2O3/c1-2-6-10-11(16)14-13(18)15(12(10)17)9-7-4-3-5-8-9/h2,9-10H,1,3-8H2,(H,14,16,18). The van der Waals surface area contributed by atoms with Crippen LogP contribution in [-0.4, -0.2) is 28.8 Å². The van der Waals surface area contributed by atoms with E-state index in [4.69, 9.17) is 0 Å². The summed E-state index contributed by atoms with van der Waals surface area (Å²) < 4.78 is 0. The van der Waals surface area contributed by atoms with Gasteiger partial charge in [-0.05, 0) is 19.3 Å². The SMILES string of the molecule is C=CCC1C(=O)NC(=O)N(C2CCCCC2)C1=O. The first-order chi connectivity index (χ1) is 8.65. The fraction of sp³-hybridized carbons (Fsp3) is 0.615. The zero-order chi connectivity index (χ0) is 13.1. The summed E-state index contributed by atoms with van der Waals surface area (Å²) in [4.78, 5) is 36.9. The van der Waals surface area contributed by atoms with Gasteiger partial charge in [0.2, 0.25) is 11.8 Å². The zero-order valence-corrected chi connectivity index (χ0v) is 10.4. The van der Waals surface area contributed by atoms with Crippen LogP contribution in [0.5, 0.6) is 0 Å². The van der Waals surface area contributed by atoms with Crippen molar-refractivity contribution in [1.29, 1.82) is 0 Å². The van der Waals surface area contributed by atoms with Crippen molar-refractivity contribution in [3.63, 3.8) is 0 Å². The molecule has 2 rings (SSSR count).